The van der Waals surface area contributed by atoms with E-state index in [-0.39, 0.29) is 11.7 Å². The number of benzene rings is 2. The predicted octanol–water partition coefficient (Wildman–Crippen LogP) is 4.35. The third kappa shape index (κ3) is 4.73. The average Bonchev–Trinajstić information content (AvgIpc) is 3.07. The molecule has 0 bridgehead atoms. The van der Waals surface area contributed by atoms with E-state index >= 15 is 0 Å². The molecule has 0 atom stereocenters. The molecule has 0 saturated carbocycles. The lowest BCUT2D eigenvalue weighted by Crippen LogP contribution is -2.25. The highest BCUT2D eigenvalue weighted by Gasteiger charge is 2.07. The molecule has 1 amide bonds. The van der Waals surface area contributed by atoms with Crippen molar-refractivity contribution in [3.8, 4) is 11.3 Å². The number of aryl methyl sites for hydroxylation is 2. The summed E-state index contributed by atoms with van der Waals surface area (Å²) in [6.07, 6.45) is 1.73. The van der Waals surface area contributed by atoms with Crippen molar-refractivity contribution < 1.29 is 9.18 Å². The minimum absolute atomic E-state index is 0.0659. The zero-order chi connectivity index (χ0) is 18.5. The van der Waals surface area contributed by atoms with Crippen LogP contribution in [0.3, 0.4) is 0 Å². The zero-order valence-corrected chi connectivity index (χ0v) is 15.5. The third-order valence-electron chi connectivity index (χ3n) is 3.82. The number of aromatic nitrogens is 2. The van der Waals surface area contributed by atoms with Gasteiger partial charge in [0.25, 0.3) is 5.91 Å². The normalized spacial score (nSPS) is 10.7. The van der Waals surface area contributed by atoms with Crippen molar-refractivity contribution in [3.63, 3.8) is 0 Å². The van der Waals surface area contributed by atoms with E-state index in [2.05, 4.69) is 15.3 Å². The van der Waals surface area contributed by atoms with Gasteiger partial charge in [-0.3, -0.25) is 4.79 Å². The molecule has 3 aromatic rings. The van der Waals surface area contributed by atoms with Gasteiger partial charge in [0.1, 0.15) is 5.82 Å². The lowest BCUT2D eigenvalue weighted by atomic mass is 10.1. The molecular weight excluding hydrogens is 349 g/mol. The Labute approximate surface area is 156 Å². The molecule has 6 heteroatoms. The molecule has 0 fully saturated rings. The summed E-state index contributed by atoms with van der Waals surface area (Å²) in [5.41, 5.74) is 4.56. The standard InChI is InChI=1S/C20H20FN3OS/c1-13-9-14(2)11-16(10-13)19(25)22-7-8-26-20-23-12-18(24-20)15-3-5-17(21)6-4-15/h3-6,9-12H,7-8H2,1-2H3,(H,22,25)(H,23,24). The first-order valence-corrected chi connectivity index (χ1v) is 9.30. The monoisotopic (exact) mass is 369 g/mol. The van der Waals surface area contributed by atoms with Crippen molar-refractivity contribution >= 4 is 17.7 Å². The molecule has 1 aromatic heterocycles. The van der Waals surface area contributed by atoms with Gasteiger partial charge in [0.05, 0.1) is 11.9 Å². The Bertz CT molecular complexity index is 885. The Hall–Kier alpha value is -2.60. The number of imidazole rings is 1. The van der Waals surface area contributed by atoms with Crippen LogP contribution in [0.1, 0.15) is 21.5 Å². The smallest absolute Gasteiger partial charge is 0.251 e. The first kappa shape index (κ1) is 18.2. The molecule has 0 unspecified atom stereocenters. The van der Waals surface area contributed by atoms with Crippen molar-refractivity contribution in [1.29, 1.82) is 0 Å². The summed E-state index contributed by atoms with van der Waals surface area (Å²) in [4.78, 5) is 19.7. The second kappa shape index (κ2) is 8.19. The Morgan fingerprint density at radius 1 is 1.15 bits per heavy atom. The van der Waals surface area contributed by atoms with Crippen LogP contribution in [0.2, 0.25) is 0 Å². The Morgan fingerprint density at radius 3 is 2.54 bits per heavy atom. The van der Waals surface area contributed by atoms with E-state index in [9.17, 15) is 9.18 Å². The minimum atomic E-state index is -0.262. The van der Waals surface area contributed by atoms with Crippen LogP contribution in [-0.4, -0.2) is 28.2 Å². The van der Waals surface area contributed by atoms with Crippen LogP contribution >= 0.6 is 11.8 Å². The second-order valence-electron chi connectivity index (χ2n) is 6.09. The summed E-state index contributed by atoms with van der Waals surface area (Å²) < 4.78 is 13.0. The summed E-state index contributed by atoms with van der Waals surface area (Å²) in [7, 11) is 0. The van der Waals surface area contributed by atoms with Crippen LogP contribution in [-0.2, 0) is 0 Å². The van der Waals surface area contributed by atoms with Gasteiger partial charge in [-0.1, -0.05) is 29.0 Å². The maximum absolute atomic E-state index is 13.0. The van der Waals surface area contributed by atoms with E-state index in [1.54, 1.807) is 18.3 Å². The van der Waals surface area contributed by atoms with E-state index < -0.39 is 0 Å². The Morgan fingerprint density at radius 2 is 1.85 bits per heavy atom. The number of thioether (sulfide) groups is 1. The number of aromatic amines is 1. The Balaban J connectivity index is 1.49. The molecule has 0 aliphatic heterocycles. The fraction of sp³-hybridized carbons (Fsp3) is 0.200. The zero-order valence-electron chi connectivity index (χ0n) is 14.7. The van der Waals surface area contributed by atoms with Crippen LogP contribution < -0.4 is 5.32 Å². The number of hydrogen-bond acceptors (Lipinski definition) is 3. The molecule has 0 aliphatic carbocycles. The van der Waals surface area contributed by atoms with E-state index in [0.717, 1.165) is 27.5 Å². The largest absolute Gasteiger partial charge is 0.351 e. The molecule has 2 N–H and O–H groups in total. The van der Waals surface area contributed by atoms with Crippen LogP contribution in [0.4, 0.5) is 4.39 Å². The average molecular weight is 369 g/mol. The highest BCUT2D eigenvalue weighted by atomic mass is 32.2. The van der Waals surface area contributed by atoms with E-state index in [1.807, 2.05) is 32.0 Å². The lowest BCUT2D eigenvalue weighted by Gasteiger charge is -2.06. The summed E-state index contributed by atoms with van der Waals surface area (Å²) in [6, 6.07) is 12.1. The number of nitrogens with one attached hydrogen (secondary N) is 2. The Kier molecular flexibility index (Phi) is 5.73. The number of nitrogens with zero attached hydrogens (tertiary/aromatic N) is 1. The minimum Gasteiger partial charge on any atom is -0.351 e. The molecule has 4 nitrogen and oxygen atoms in total. The highest BCUT2D eigenvalue weighted by Crippen LogP contribution is 2.21. The number of rotatable bonds is 6. The quantitative estimate of drug-likeness (QED) is 0.501. The first-order chi connectivity index (χ1) is 12.5. The van der Waals surface area contributed by atoms with Gasteiger partial charge in [-0.05, 0) is 55.8 Å². The molecule has 134 valence electrons. The van der Waals surface area contributed by atoms with Gasteiger partial charge in [0, 0.05) is 17.9 Å². The van der Waals surface area contributed by atoms with Crippen LogP contribution in [0.5, 0.6) is 0 Å². The fourth-order valence-electron chi connectivity index (χ4n) is 2.67. The molecular formula is C20H20FN3OS. The SMILES string of the molecule is Cc1cc(C)cc(C(=O)NCCSc2ncc(-c3ccc(F)cc3)[nH]2)c1. The third-order valence-corrected chi connectivity index (χ3v) is 4.71. The summed E-state index contributed by atoms with van der Waals surface area (Å²) in [5, 5.41) is 3.69. The molecule has 0 aliphatic rings. The van der Waals surface area contributed by atoms with Gasteiger partial charge < -0.3 is 10.3 Å². The second-order valence-corrected chi connectivity index (χ2v) is 7.17. The molecule has 3 rings (SSSR count). The van der Waals surface area contributed by atoms with Crippen LogP contribution in [0.15, 0.2) is 53.8 Å². The summed E-state index contributed by atoms with van der Waals surface area (Å²) in [5.74, 6) is 0.374. The van der Waals surface area contributed by atoms with E-state index in [0.29, 0.717) is 17.9 Å². The molecule has 0 saturated heterocycles. The van der Waals surface area contributed by atoms with Gasteiger partial charge in [0.2, 0.25) is 0 Å². The molecule has 2 aromatic carbocycles. The summed E-state index contributed by atoms with van der Waals surface area (Å²) in [6.45, 7) is 4.51. The molecule has 0 radical (unpaired) electrons. The van der Waals surface area contributed by atoms with Crippen molar-refractivity contribution in [3.05, 3.63) is 71.2 Å². The van der Waals surface area contributed by atoms with Crippen LogP contribution in [0.25, 0.3) is 11.3 Å². The van der Waals surface area contributed by atoms with Crippen molar-refractivity contribution in [2.45, 2.75) is 19.0 Å². The highest BCUT2D eigenvalue weighted by molar-refractivity contribution is 7.99. The van der Waals surface area contributed by atoms with E-state index in [1.165, 1.54) is 23.9 Å². The number of halogens is 1. The fourth-order valence-corrected chi connectivity index (χ4v) is 3.38. The number of H-pyrrole nitrogens is 1. The van der Waals surface area contributed by atoms with E-state index in [4.69, 9.17) is 0 Å². The number of amides is 1. The van der Waals surface area contributed by atoms with Gasteiger partial charge in [-0.2, -0.15) is 0 Å². The number of hydrogen-bond donors (Lipinski definition) is 2. The van der Waals surface area contributed by atoms with Gasteiger partial charge >= 0.3 is 0 Å². The van der Waals surface area contributed by atoms with Gasteiger partial charge in [-0.15, -0.1) is 0 Å². The van der Waals surface area contributed by atoms with Gasteiger partial charge in [0.15, 0.2) is 5.16 Å². The maximum atomic E-state index is 13.0. The summed E-state index contributed by atoms with van der Waals surface area (Å²) >= 11 is 1.53. The maximum Gasteiger partial charge on any atom is 0.251 e. The lowest BCUT2D eigenvalue weighted by molar-refractivity contribution is 0.0956. The first-order valence-electron chi connectivity index (χ1n) is 8.31. The van der Waals surface area contributed by atoms with Crippen molar-refractivity contribution in [2.75, 3.05) is 12.3 Å². The predicted molar refractivity (Wildman–Crippen MR) is 103 cm³/mol. The number of carbonyl (C=O) groups excluding carboxylic acids is 1. The molecule has 1 heterocycles. The molecule has 26 heavy (non-hydrogen) atoms. The topological polar surface area (TPSA) is 57.8 Å². The van der Waals surface area contributed by atoms with Gasteiger partial charge in [-0.25, -0.2) is 9.37 Å². The van der Waals surface area contributed by atoms with Crippen molar-refractivity contribution in [1.82, 2.24) is 15.3 Å². The van der Waals surface area contributed by atoms with Crippen LogP contribution in [0, 0.1) is 19.7 Å². The molecule has 0 spiro atoms. The van der Waals surface area contributed by atoms with Crippen molar-refractivity contribution in [2.24, 2.45) is 0 Å². The number of carbonyl (C=O) groups is 1.